The lowest BCUT2D eigenvalue weighted by atomic mass is 9.79. The van der Waals surface area contributed by atoms with E-state index in [-0.39, 0.29) is 18.2 Å². The Hall–Kier alpha value is -1.79. The maximum Gasteiger partial charge on any atom is 0.234 e. The lowest BCUT2D eigenvalue weighted by Crippen LogP contribution is -2.55. The number of carbonyl (C=O) groups excluding carboxylic acids is 2. The number of nitrogens with zero attached hydrogens (tertiary/aromatic N) is 1. The maximum absolute atomic E-state index is 12.4. The molecular formula is C12H24N4O3. The second kappa shape index (κ2) is 6.40. The third-order valence-electron chi connectivity index (χ3n) is 3.31. The van der Waals surface area contributed by atoms with Gasteiger partial charge >= 0.3 is 0 Å². The van der Waals surface area contributed by atoms with Crippen LogP contribution >= 0.6 is 0 Å². The molecule has 0 aliphatic carbocycles. The number of oxime groups is 1. The van der Waals surface area contributed by atoms with Crippen LogP contribution < -0.4 is 16.8 Å². The Kier molecular flexibility index (Phi) is 5.80. The van der Waals surface area contributed by atoms with Gasteiger partial charge in [0, 0.05) is 12.0 Å². The topological polar surface area (TPSA) is 131 Å². The Morgan fingerprint density at radius 2 is 1.68 bits per heavy atom. The van der Waals surface area contributed by atoms with E-state index in [0.29, 0.717) is 12.8 Å². The number of primary amides is 1. The zero-order chi connectivity index (χ0) is 15.3. The zero-order valence-electron chi connectivity index (χ0n) is 12.0. The fourth-order valence-corrected chi connectivity index (χ4v) is 2.05. The van der Waals surface area contributed by atoms with Gasteiger partial charge in [0.15, 0.2) is 5.84 Å². The highest BCUT2D eigenvalue weighted by atomic mass is 16.4. The van der Waals surface area contributed by atoms with E-state index < -0.39 is 16.9 Å². The van der Waals surface area contributed by atoms with E-state index in [9.17, 15) is 9.59 Å². The fraction of sp³-hybridized carbons (Fsp3) is 0.750. The van der Waals surface area contributed by atoms with Crippen LogP contribution in [0.5, 0.6) is 0 Å². The summed E-state index contributed by atoms with van der Waals surface area (Å²) in [5, 5.41) is 14.5. The van der Waals surface area contributed by atoms with Crippen LogP contribution in [0, 0.1) is 5.41 Å². The molecule has 0 saturated carbocycles. The number of hydrogen-bond acceptors (Lipinski definition) is 4. The second-order valence-corrected chi connectivity index (χ2v) is 5.26. The minimum Gasteiger partial charge on any atom is -0.409 e. The zero-order valence-corrected chi connectivity index (χ0v) is 12.0. The molecule has 0 aromatic rings. The molecule has 7 heteroatoms. The molecule has 0 unspecified atom stereocenters. The summed E-state index contributed by atoms with van der Waals surface area (Å²) in [6, 6.07) is 0. The molecule has 110 valence electrons. The molecule has 0 rings (SSSR count). The Labute approximate surface area is 113 Å². The monoisotopic (exact) mass is 272 g/mol. The highest BCUT2D eigenvalue weighted by molar-refractivity contribution is 6.07. The van der Waals surface area contributed by atoms with Gasteiger partial charge in [-0.1, -0.05) is 19.0 Å². The van der Waals surface area contributed by atoms with E-state index in [1.54, 1.807) is 27.7 Å². The number of amides is 2. The summed E-state index contributed by atoms with van der Waals surface area (Å²) < 4.78 is 0. The normalized spacial score (nSPS) is 13.2. The highest BCUT2D eigenvalue weighted by Gasteiger charge is 2.41. The van der Waals surface area contributed by atoms with Crippen molar-refractivity contribution in [1.82, 2.24) is 5.32 Å². The first-order valence-electron chi connectivity index (χ1n) is 6.24. The van der Waals surface area contributed by atoms with Gasteiger partial charge in [-0.15, -0.1) is 0 Å². The van der Waals surface area contributed by atoms with Crippen LogP contribution in [0.4, 0.5) is 0 Å². The number of amidine groups is 1. The standard InChI is InChI=1S/C12H24N4O3/c1-5-12(6-2,9(14)16-19)10(18)15-11(3,4)7-8(13)17/h19H,5-7H2,1-4H3,(H2,13,17)(H2,14,16)(H,15,18). The van der Waals surface area contributed by atoms with Crippen LogP contribution in [0.2, 0.25) is 0 Å². The van der Waals surface area contributed by atoms with Gasteiger partial charge in [-0.25, -0.2) is 0 Å². The van der Waals surface area contributed by atoms with Crippen molar-refractivity contribution < 1.29 is 14.8 Å². The molecule has 0 aliphatic heterocycles. The first kappa shape index (κ1) is 17.2. The van der Waals surface area contributed by atoms with Crippen molar-refractivity contribution in [3.05, 3.63) is 0 Å². The summed E-state index contributed by atoms with van der Waals surface area (Å²) in [5.41, 5.74) is 8.91. The number of rotatable bonds is 7. The molecule has 0 heterocycles. The van der Waals surface area contributed by atoms with Crippen LogP contribution in [0.1, 0.15) is 47.0 Å². The summed E-state index contributed by atoms with van der Waals surface area (Å²) in [4.78, 5) is 23.3. The van der Waals surface area contributed by atoms with Gasteiger partial charge in [-0.05, 0) is 26.7 Å². The number of nitrogens with two attached hydrogens (primary N) is 2. The minimum atomic E-state index is -1.08. The van der Waals surface area contributed by atoms with Crippen LogP contribution in [0.15, 0.2) is 5.16 Å². The Balaban J connectivity index is 5.20. The smallest absolute Gasteiger partial charge is 0.234 e. The lowest BCUT2D eigenvalue weighted by Gasteiger charge is -2.34. The third kappa shape index (κ3) is 4.11. The van der Waals surface area contributed by atoms with Crippen molar-refractivity contribution >= 4 is 17.6 Å². The Morgan fingerprint density at radius 3 is 2.00 bits per heavy atom. The predicted octanol–water partition coefficient (Wildman–Crippen LogP) is 0.309. The van der Waals surface area contributed by atoms with Crippen LogP contribution in [-0.2, 0) is 9.59 Å². The molecule has 2 amide bonds. The van der Waals surface area contributed by atoms with Gasteiger partial charge in [0.25, 0.3) is 0 Å². The molecule has 0 fully saturated rings. The number of carbonyl (C=O) groups is 2. The summed E-state index contributed by atoms with van der Waals surface area (Å²) in [7, 11) is 0. The Morgan fingerprint density at radius 1 is 1.21 bits per heavy atom. The van der Waals surface area contributed by atoms with Crippen LogP contribution in [0.25, 0.3) is 0 Å². The van der Waals surface area contributed by atoms with E-state index >= 15 is 0 Å². The van der Waals surface area contributed by atoms with Crippen molar-refractivity contribution in [2.45, 2.75) is 52.5 Å². The SMILES string of the molecule is CCC(CC)(C(=O)NC(C)(C)CC(N)=O)C(N)=NO. The molecule has 0 aromatic heterocycles. The summed E-state index contributed by atoms with van der Waals surface area (Å²) in [6.45, 7) is 6.94. The van der Waals surface area contributed by atoms with Gasteiger partial charge in [0.2, 0.25) is 11.8 Å². The highest BCUT2D eigenvalue weighted by Crippen LogP contribution is 2.28. The molecule has 0 spiro atoms. The molecule has 0 saturated heterocycles. The average Bonchev–Trinajstić information content (AvgIpc) is 2.28. The quantitative estimate of drug-likeness (QED) is 0.230. The fourth-order valence-electron chi connectivity index (χ4n) is 2.05. The van der Waals surface area contributed by atoms with Crippen molar-refractivity contribution in [2.24, 2.45) is 22.0 Å². The third-order valence-corrected chi connectivity index (χ3v) is 3.31. The van der Waals surface area contributed by atoms with Crippen molar-refractivity contribution in [1.29, 1.82) is 0 Å². The van der Waals surface area contributed by atoms with E-state index in [1.165, 1.54) is 0 Å². The molecule has 0 radical (unpaired) electrons. The molecule has 19 heavy (non-hydrogen) atoms. The van der Waals surface area contributed by atoms with Crippen LogP contribution in [0.3, 0.4) is 0 Å². The Bertz CT molecular complexity index is 373. The molecule has 0 bridgehead atoms. The first-order valence-corrected chi connectivity index (χ1v) is 6.24. The molecule has 7 nitrogen and oxygen atoms in total. The molecule has 0 aliphatic rings. The van der Waals surface area contributed by atoms with Crippen molar-refractivity contribution in [3.63, 3.8) is 0 Å². The van der Waals surface area contributed by atoms with Crippen molar-refractivity contribution in [3.8, 4) is 0 Å². The average molecular weight is 272 g/mol. The number of nitrogens with one attached hydrogen (secondary N) is 1. The lowest BCUT2D eigenvalue weighted by molar-refractivity contribution is -0.130. The number of hydrogen-bond donors (Lipinski definition) is 4. The molecular weight excluding hydrogens is 248 g/mol. The largest absolute Gasteiger partial charge is 0.409 e. The van der Waals surface area contributed by atoms with Gasteiger partial charge in [0.05, 0.1) is 0 Å². The van der Waals surface area contributed by atoms with Gasteiger partial charge in [0.1, 0.15) is 5.41 Å². The first-order chi connectivity index (χ1) is 8.65. The van der Waals surface area contributed by atoms with Crippen LogP contribution in [-0.4, -0.2) is 28.4 Å². The maximum atomic E-state index is 12.4. The molecule has 0 atom stereocenters. The van der Waals surface area contributed by atoms with E-state index in [0.717, 1.165) is 0 Å². The minimum absolute atomic E-state index is 0.0123. The molecule has 6 N–H and O–H groups in total. The van der Waals surface area contributed by atoms with Gasteiger partial charge in [-0.2, -0.15) is 0 Å². The summed E-state index contributed by atoms with van der Waals surface area (Å²) in [6.07, 6.45) is 0.786. The van der Waals surface area contributed by atoms with E-state index in [4.69, 9.17) is 16.7 Å². The van der Waals surface area contributed by atoms with Gasteiger partial charge in [-0.3, -0.25) is 9.59 Å². The van der Waals surface area contributed by atoms with E-state index in [2.05, 4.69) is 10.5 Å². The summed E-state index contributed by atoms with van der Waals surface area (Å²) in [5.74, 6) is -1.02. The van der Waals surface area contributed by atoms with E-state index in [1.807, 2.05) is 0 Å². The van der Waals surface area contributed by atoms with Gasteiger partial charge < -0.3 is 22.0 Å². The molecule has 0 aromatic carbocycles. The van der Waals surface area contributed by atoms with Crippen molar-refractivity contribution in [2.75, 3.05) is 0 Å². The predicted molar refractivity (Wildman–Crippen MR) is 72.5 cm³/mol. The summed E-state index contributed by atoms with van der Waals surface area (Å²) >= 11 is 0. The second-order valence-electron chi connectivity index (χ2n) is 5.26.